The molecule has 0 aromatic carbocycles. The zero-order valence-corrected chi connectivity index (χ0v) is 17.1. The quantitative estimate of drug-likeness (QED) is 0.548. The number of aromatic amines is 2. The number of aromatic nitrogens is 2. The van der Waals surface area contributed by atoms with Crippen molar-refractivity contribution in [1.82, 2.24) is 9.97 Å². The van der Waals surface area contributed by atoms with Gasteiger partial charge in [-0.2, -0.15) is 0 Å². The van der Waals surface area contributed by atoms with Gasteiger partial charge in [-0.1, -0.05) is 0 Å². The molecular weight excluding hydrogens is 383 g/mol. The average molecular weight is 413 g/mol. The SMILES string of the molecule is CCCC[C](CCCC)(CCCC)[Sn][c]1cc(=O)[nH]c(=O)[nH]1. The summed E-state index contributed by atoms with van der Waals surface area (Å²) in [6.45, 7) is 6.72. The third-order valence-corrected chi connectivity index (χ3v) is 9.38. The minimum atomic E-state index is -1.02. The van der Waals surface area contributed by atoms with E-state index in [-0.39, 0.29) is 11.2 Å². The van der Waals surface area contributed by atoms with Crippen LogP contribution < -0.4 is 15.0 Å². The van der Waals surface area contributed by atoms with Gasteiger partial charge in [-0.3, -0.25) is 0 Å². The first-order valence-corrected chi connectivity index (χ1v) is 11.5. The van der Waals surface area contributed by atoms with Crippen molar-refractivity contribution >= 4 is 24.9 Å². The van der Waals surface area contributed by atoms with Crippen LogP contribution in [-0.4, -0.2) is 31.1 Å². The molecular formula is C17H30N2O2Sn. The number of rotatable bonds is 11. The number of hydrogen-bond donors (Lipinski definition) is 2. The molecule has 22 heavy (non-hydrogen) atoms. The first-order valence-electron chi connectivity index (χ1n) is 8.67. The molecule has 2 radical (unpaired) electrons. The van der Waals surface area contributed by atoms with Gasteiger partial charge in [0.25, 0.3) is 0 Å². The number of hydrogen-bond acceptors (Lipinski definition) is 2. The van der Waals surface area contributed by atoms with Crippen LogP contribution in [0.25, 0.3) is 0 Å². The molecule has 1 aromatic heterocycles. The summed E-state index contributed by atoms with van der Waals surface area (Å²) in [4.78, 5) is 28.3. The summed E-state index contributed by atoms with van der Waals surface area (Å²) in [7, 11) is 0. The predicted octanol–water partition coefficient (Wildman–Crippen LogP) is 3.12. The fourth-order valence-electron chi connectivity index (χ4n) is 2.93. The third kappa shape index (κ3) is 6.71. The standard InChI is InChI=1S/C13H27.C4H3N2O2.Sn/c1-4-7-10-13(11-8-5-2)12-9-6-3;7-3-1-2-5-4(8)6-3;/h4-12H2,1-3H3;1H,(H2,5,6,7,8);. The molecule has 0 unspecified atom stereocenters. The van der Waals surface area contributed by atoms with E-state index in [1.54, 1.807) is 6.07 Å². The monoisotopic (exact) mass is 414 g/mol. The Morgan fingerprint density at radius 2 is 1.41 bits per heavy atom. The Kier molecular flexibility index (Phi) is 9.13. The van der Waals surface area contributed by atoms with Crippen molar-refractivity contribution in [1.29, 1.82) is 0 Å². The molecule has 4 nitrogen and oxygen atoms in total. The molecule has 1 rings (SSSR count). The van der Waals surface area contributed by atoms with Crippen molar-refractivity contribution in [2.24, 2.45) is 0 Å². The summed E-state index contributed by atoms with van der Waals surface area (Å²) in [5.74, 6) is 0. The Morgan fingerprint density at radius 1 is 0.909 bits per heavy atom. The second kappa shape index (κ2) is 10.3. The third-order valence-electron chi connectivity index (χ3n) is 4.19. The summed E-state index contributed by atoms with van der Waals surface area (Å²) >= 11 is -1.02. The predicted molar refractivity (Wildman–Crippen MR) is 94.3 cm³/mol. The molecule has 0 fully saturated rings. The van der Waals surface area contributed by atoms with Gasteiger partial charge in [0.1, 0.15) is 0 Å². The number of unbranched alkanes of at least 4 members (excludes halogenated alkanes) is 3. The molecule has 2 N–H and O–H groups in total. The molecule has 124 valence electrons. The van der Waals surface area contributed by atoms with Crippen LogP contribution in [0.5, 0.6) is 0 Å². The molecule has 0 atom stereocenters. The molecule has 1 aromatic rings. The van der Waals surface area contributed by atoms with Crippen molar-refractivity contribution < 1.29 is 0 Å². The van der Waals surface area contributed by atoms with Gasteiger partial charge in [0.15, 0.2) is 0 Å². The fourth-order valence-corrected chi connectivity index (χ4v) is 8.23. The fraction of sp³-hybridized carbons (Fsp3) is 0.765. The summed E-state index contributed by atoms with van der Waals surface area (Å²) in [6.07, 6.45) is 11.2. The van der Waals surface area contributed by atoms with E-state index < -0.39 is 21.1 Å². The molecule has 0 saturated carbocycles. The van der Waals surface area contributed by atoms with Gasteiger partial charge in [0.05, 0.1) is 0 Å². The molecule has 0 aliphatic carbocycles. The molecule has 0 saturated heterocycles. The Balaban J connectivity index is 3.02. The maximum absolute atomic E-state index is 11.6. The van der Waals surface area contributed by atoms with E-state index in [0.29, 0.717) is 3.43 Å². The number of H-pyrrole nitrogens is 2. The van der Waals surface area contributed by atoms with Gasteiger partial charge < -0.3 is 0 Å². The van der Waals surface area contributed by atoms with E-state index in [1.165, 1.54) is 57.8 Å². The minimum absolute atomic E-state index is 0.255. The molecule has 0 spiro atoms. The van der Waals surface area contributed by atoms with Gasteiger partial charge in [-0.25, -0.2) is 0 Å². The van der Waals surface area contributed by atoms with E-state index in [4.69, 9.17) is 0 Å². The van der Waals surface area contributed by atoms with Crippen LogP contribution in [0.4, 0.5) is 0 Å². The first-order chi connectivity index (χ1) is 10.5. The summed E-state index contributed by atoms with van der Waals surface area (Å²) in [5.41, 5.74) is -0.603. The van der Waals surface area contributed by atoms with Gasteiger partial charge in [-0.05, 0) is 0 Å². The van der Waals surface area contributed by atoms with E-state index >= 15 is 0 Å². The zero-order valence-electron chi connectivity index (χ0n) is 14.3. The van der Waals surface area contributed by atoms with E-state index in [0.717, 1.165) is 3.71 Å². The van der Waals surface area contributed by atoms with Crippen molar-refractivity contribution in [3.63, 3.8) is 0 Å². The Labute approximate surface area is 143 Å². The van der Waals surface area contributed by atoms with Crippen LogP contribution in [-0.2, 0) is 0 Å². The molecule has 0 amide bonds. The number of nitrogens with one attached hydrogen (secondary N) is 2. The van der Waals surface area contributed by atoms with E-state index in [2.05, 4.69) is 30.7 Å². The van der Waals surface area contributed by atoms with E-state index in [9.17, 15) is 9.59 Å². The van der Waals surface area contributed by atoms with Crippen molar-refractivity contribution in [3.8, 4) is 0 Å². The normalized spacial score (nSPS) is 11.8. The van der Waals surface area contributed by atoms with Crippen molar-refractivity contribution in [2.75, 3.05) is 0 Å². The van der Waals surface area contributed by atoms with Crippen LogP contribution in [0.2, 0.25) is 3.43 Å². The Morgan fingerprint density at radius 3 is 1.82 bits per heavy atom. The van der Waals surface area contributed by atoms with Gasteiger partial charge in [0.2, 0.25) is 0 Å². The van der Waals surface area contributed by atoms with Crippen LogP contribution >= 0.6 is 0 Å². The molecule has 1 heterocycles. The van der Waals surface area contributed by atoms with Gasteiger partial charge in [-0.15, -0.1) is 0 Å². The van der Waals surface area contributed by atoms with Crippen LogP contribution in [0.1, 0.15) is 78.6 Å². The second-order valence-corrected chi connectivity index (χ2v) is 11.5. The van der Waals surface area contributed by atoms with Crippen molar-refractivity contribution in [3.05, 3.63) is 26.9 Å². The summed E-state index contributed by atoms with van der Waals surface area (Å²) in [5, 5.41) is 0. The van der Waals surface area contributed by atoms with E-state index in [1.807, 2.05) is 0 Å². The Bertz CT molecular complexity index is 486. The Hall–Kier alpha value is -0.521. The van der Waals surface area contributed by atoms with Crippen LogP contribution in [0.15, 0.2) is 15.7 Å². The van der Waals surface area contributed by atoms with Gasteiger partial charge in [0, 0.05) is 0 Å². The summed E-state index contributed by atoms with van der Waals surface area (Å²) in [6, 6.07) is 1.63. The van der Waals surface area contributed by atoms with Gasteiger partial charge >= 0.3 is 144 Å². The maximum atomic E-state index is 11.6. The average Bonchev–Trinajstić information content (AvgIpc) is 2.47. The van der Waals surface area contributed by atoms with Crippen LogP contribution in [0, 0.1) is 0 Å². The second-order valence-electron chi connectivity index (χ2n) is 6.22. The van der Waals surface area contributed by atoms with Crippen molar-refractivity contribution in [2.45, 2.75) is 82.0 Å². The molecule has 5 heteroatoms. The van der Waals surface area contributed by atoms with Crippen LogP contribution in [0.3, 0.4) is 0 Å². The molecule has 0 aliphatic rings. The molecule has 0 aliphatic heterocycles. The first kappa shape index (κ1) is 19.5. The molecule has 0 bridgehead atoms. The zero-order chi connectivity index (χ0) is 16.4. The topological polar surface area (TPSA) is 65.7 Å². The summed E-state index contributed by atoms with van der Waals surface area (Å²) < 4.78 is 1.35.